The van der Waals surface area contributed by atoms with Gasteiger partial charge in [-0.1, -0.05) is 29.4 Å². The predicted octanol–water partition coefficient (Wildman–Crippen LogP) is 3.84. The van der Waals surface area contributed by atoms with Gasteiger partial charge in [0.1, 0.15) is 5.03 Å². The molecule has 0 saturated heterocycles. The molecule has 0 spiro atoms. The molecule has 2 aromatic heterocycles. The Kier molecular flexibility index (Phi) is 5.44. The van der Waals surface area contributed by atoms with E-state index in [2.05, 4.69) is 15.2 Å². The van der Waals surface area contributed by atoms with Crippen LogP contribution in [0.5, 0.6) is 0 Å². The van der Waals surface area contributed by atoms with Crippen LogP contribution in [0.1, 0.15) is 22.5 Å². The molecule has 0 aliphatic rings. The summed E-state index contributed by atoms with van der Waals surface area (Å²) in [4.78, 5) is 5.21. The van der Waals surface area contributed by atoms with E-state index in [4.69, 9.17) is 17.3 Å². The van der Waals surface area contributed by atoms with Crippen molar-refractivity contribution in [3.8, 4) is 11.1 Å². The minimum Gasteiger partial charge on any atom is -0.392 e. The van der Waals surface area contributed by atoms with E-state index in [0.717, 1.165) is 43.6 Å². The van der Waals surface area contributed by atoms with Crippen molar-refractivity contribution < 1.29 is 5.11 Å². The highest BCUT2D eigenvalue weighted by Crippen LogP contribution is 2.40. The average Bonchev–Trinajstić information content (AvgIpc) is 2.95. The molecule has 0 bridgehead atoms. The third-order valence-electron chi connectivity index (χ3n) is 3.98. The molecule has 3 aromatic rings. The van der Waals surface area contributed by atoms with E-state index in [1.807, 2.05) is 32.0 Å². The molecule has 130 valence electrons. The van der Waals surface area contributed by atoms with Crippen LogP contribution in [0.3, 0.4) is 0 Å². The summed E-state index contributed by atoms with van der Waals surface area (Å²) in [5.41, 5.74) is 11.6. The van der Waals surface area contributed by atoms with Gasteiger partial charge in [0.25, 0.3) is 0 Å². The van der Waals surface area contributed by atoms with Crippen LogP contribution >= 0.6 is 23.4 Å². The number of nitrogens with zero attached hydrogens (tertiary/aromatic N) is 2. The molecule has 0 amide bonds. The monoisotopic (exact) mass is 374 g/mol. The van der Waals surface area contributed by atoms with Crippen molar-refractivity contribution in [2.45, 2.75) is 36.9 Å². The number of hydrogen-bond donors (Lipinski definition) is 3. The van der Waals surface area contributed by atoms with E-state index >= 15 is 0 Å². The molecule has 7 heteroatoms. The fourth-order valence-corrected chi connectivity index (χ4v) is 4.12. The van der Waals surface area contributed by atoms with Gasteiger partial charge in [-0.15, -0.1) is 0 Å². The lowest BCUT2D eigenvalue weighted by Gasteiger charge is -2.14. The number of aliphatic hydroxyl groups is 1. The zero-order chi connectivity index (χ0) is 18.0. The minimum absolute atomic E-state index is 0.0722. The van der Waals surface area contributed by atoms with Gasteiger partial charge in [-0.3, -0.25) is 5.10 Å². The second-order valence-corrected chi connectivity index (χ2v) is 7.09. The number of rotatable bonds is 5. The number of pyridine rings is 1. The number of benzene rings is 1. The lowest BCUT2D eigenvalue weighted by molar-refractivity contribution is 0.278. The van der Waals surface area contributed by atoms with Gasteiger partial charge in [0.15, 0.2) is 0 Å². The molecule has 0 unspecified atom stereocenters. The van der Waals surface area contributed by atoms with Crippen LogP contribution < -0.4 is 5.73 Å². The quantitative estimate of drug-likeness (QED) is 0.631. The molecule has 25 heavy (non-hydrogen) atoms. The molecular formula is C18H19ClN4OS. The maximum Gasteiger partial charge on any atom is 0.106 e. The molecular weight excluding hydrogens is 356 g/mol. The van der Waals surface area contributed by atoms with Crippen molar-refractivity contribution in [3.05, 3.63) is 58.0 Å². The number of nitrogens with one attached hydrogen (secondary N) is 1. The van der Waals surface area contributed by atoms with E-state index in [1.54, 1.807) is 12.3 Å². The smallest absolute Gasteiger partial charge is 0.106 e. The van der Waals surface area contributed by atoms with E-state index in [0.29, 0.717) is 11.6 Å². The molecule has 2 heterocycles. The number of hydrogen-bond acceptors (Lipinski definition) is 5. The number of aliphatic hydroxyl groups excluding tert-OH is 1. The molecule has 1 aromatic carbocycles. The van der Waals surface area contributed by atoms with Crippen LogP contribution in [0.2, 0.25) is 5.02 Å². The summed E-state index contributed by atoms with van der Waals surface area (Å²) in [5.74, 6) is 0. The van der Waals surface area contributed by atoms with Crippen LogP contribution in [0, 0.1) is 13.8 Å². The molecule has 0 aliphatic heterocycles. The Labute approximate surface area is 155 Å². The van der Waals surface area contributed by atoms with Gasteiger partial charge in [-0.2, -0.15) is 5.10 Å². The lowest BCUT2D eigenvalue weighted by Crippen LogP contribution is -2.01. The van der Waals surface area contributed by atoms with Crippen molar-refractivity contribution in [2.75, 3.05) is 0 Å². The maximum atomic E-state index is 9.50. The van der Waals surface area contributed by atoms with Gasteiger partial charge >= 0.3 is 0 Å². The number of aryl methyl sites for hydroxylation is 2. The Morgan fingerprint density at radius 1 is 1.28 bits per heavy atom. The first-order valence-electron chi connectivity index (χ1n) is 7.82. The highest BCUT2D eigenvalue weighted by atomic mass is 35.5. The third-order valence-corrected chi connectivity index (χ3v) is 5.63. The van der Waals surface area contributed by atoms with Gasteiger partial charge in [-0.05, 0) is 43.2 Å². The first-order valence-corrected chi connectivity index (χ1v) is 9.01. The zero-order valence-corrected chi connectivity index (χ0v) is 15.6. The molecule has 5 nitrogen and oxygen atoms in total. The fourth-order valence-electron chi connectivity index (χ4n) is 2.77. The summed E-state index contributed by atoms with van der Waals surface area (Å²) in [7, 11) is 0. The Balaban J connectivity index is 2.07. The number of halogens is 1. The van der Waals surface area contributed by atoms with E-state index in [9.17, 15) is 5.11 Å². The van der Waals surface area contributed by atoms with E-state index in [-0.39, 0.29) is 6.61 Å². The van der Waals surface area contributed by atoms with Crippen molar-refractivity contribution in [3.63, 3.8) is 0 Å². The van der Waals surface area contributed by atoms with Gasteiger partial charge in [0, 0.05) is 34.5 Å². The zero-order valence-electron chi connectivity index (χ0n) is 14.0. The maximum absolute atomic E-state index is 9.50. The van der Waals surface area contributed by atoms with Gasteiger partial charge < -0.3 is 10.8 Å². The topological polar surface area (TPSA) is 87.8 Å². The van der Waals surface area contributed by atoms with Gasteiger partial charge in [-0.25, -0.2) is 4.98 Å². The van der Waals surface area contributed by atoms with Crippen molar-refractivity contribution >= 4 is 23.4 Å². The second kappa shape index (κ2) is 7.58. The predicted molar refractivity (Wildman–Crippen MR) is 101 cm³/mol. The van der Waals surface area contributed by atoms with Crippen LogP contribution in [0.15, 0.2) is 40.4 Å². The average molecular weight is 375 g/mol. The van der Waals surface area contributed by atoms with E-state index < -0.39 is 0 Å². The highest BCUT2D eigenvalue weighted by Gasteiger charge is 2.16. The summed E-state index contributed by atoms with van der Waals surface area (Å²) >= 11 is 8.01. The molecule has 0 fully saturated rings. The van der Waals surface area contributed by atoms with Crippen molar-refractivity contribution in [2.24, 2.45) is 5.73 Å². The largest absolute Gasteiger partial charge is 0.392 e. The van der Waals surface area contributed by atoms with Crippen LogP contribution in [-0.2, 0) is 13.2 Å². The Bertz CT molecular complexity index is 891. The number of aromatic nitrogens is 3. The minimum atomic E-state index is -0.0722. The molecule has 4 N–H and O–H groups in total. The molecule has 0 saturated carbocycles. The lowest BCUT2D eigenvalue weighted by atomic mass is 10.0. The molecule has 0 aliphatic carbocycles. The number of nitrogens with two attached hydrogens (primary N) is 1. The molecule has 0 radical (unpaired) electrons. The number of H-pyrrole nitrogens is 1. The summed E-state index contributed by atoms with van der Waals surface area (Å²) in [6.45, 7) is 4.22. The first-order chi connectivity index (χ1) is 12.0. The summed E-state index contributed by atoms with van der Waals surface area (Å²) in [6.07, 6.45) is 1.70. The Morgan fingerprint density at radius 3 is 2.72 bits per heavy atom. The van der Waals surface area contributed by atoms with E-state index in [1.165, 1.54) is 11.8 Å². The Morgan fingerprint density at radius 2 is 2.08 bits per heavy atom. The SMILES string of the molecule is Cc1n[nH]c(C)c1-c1cc(Cl)c(Sc2ncccc2CO)c(CN)c1. The normalized spacial score (nSPS) is 11.1. The Hall–Kier alpha value is -1.86. The molecule has 0 atom stereocenters. The van der Waals surface area contributed by atoms with Crippen molar-refractivity contribution in [1.29, 1.82) is 0 Å². The van der Waals surface area contributed by atoms with Gasteiger partial charge in [0.05, 0.1) is 17.3 Å². The third kappa shape index (κ3) is 3.57. The van der Waals surface area contributed by atoms with Crippen LogP contribution in [0.25, 0.3) is 11.1 Å². The van der Waals surface area contributed by atoms with Gasteiger partial charge in [0.2, 0.25) is 0 Å². The molecule has 3 rings (SSSR count). The summed E-state index contributed by atoms with van der Waals surface area (Å²) in [6, 6.07) is 7.61. The summed E-state index contributed by atoms with van der Waals surface area (Å²) < 4.78 is 0. The highest BCUT2D eigenvalue weighted by molar-refractivity contribution is 7.99. The summed E-state index contributed by atoms with van der Waals surface area (Å²) in [5, 5.41) is 18.1. The standard InChI is InChI=1S/C18H19ClN4OS/c1-10-16(11(2)23-22-10)13-6-14(8-20)17(15(19)7-13)25-18-12(9-24)4-3-5-21-18/h3-7,24H,8-9,20H2,1-2H3,(H,22,23). The first kappa shape index (κ1) is 17.9. The van der Waals surface area contributed by atoms with Crippen LogP contribution in [0.4, 0.5) is 0 Å². The second-order valence-electron chi connectivity index (χ2n) is 5.69. The fraction of sp³-hybridized carbons (Fsp3) is 0.222. The van der Waals surface area contributed by atoms with Crippen molar-refractivity contribution in [1.82, 2.24) is 15.2 Å². The number of aromatic amines is 1. The van der Waals surface area contributed by atoms with Crippen LogP contribution in [-0.4, -0.2) is 20.3 Å².